The third-order valence-corrected chi connectivity index (χ3v) is 4.83. The van der Waals surface area contributed by atoms with Gasteiger partial charge in [0, 0.05) is 17.8 Å². The molecular formula is C23H23NO4. The molecule has 28 heavy (non-hydrogen) atoms. The van der Waals surface area contributed by atoms with Gasteiger partial charge in [-0.3, -0.25) is 4.79 Å². The number of carboxylic acid groups (broad SMARTS) is 1. The molecule has 0 fully saturated rings. The van der Waals surface area contributed by atoms with Crippen LogP contribution in [0.2, 0.25) is 0 Å². The first kappa shape index (κ1) is 19.4. The van der Waals surface area contributed by atoms with Crippen molar-refractivity contribution in [3.8, 4) is 5.75 Å². The summed E-state index contributed by atoms with van der Waals surface area (Å²) in [6.45, 7) is 6.13. The van der Waals surface area contributed by atoms with Crippen LogP contribution < -0.4 is 5.32 Å². The molecule has 0 atom stereocenters. The van der Waals surface area contributed by atoms with Crippen LogP contribution in [0.3, 0.4) is 0 Å². The molecule has 0 bridgehead atoms. The van der Waals surface area contributed by atoms with E-state index in [2.05, 4.69) is 31.3 Å². The van der Waals surface area contributed by atoms with E-state index in [0.29, 0.717) is 23.2 Å². The summed E-state index contributed by atoms with van der Waals surface area (Å²) in [6, 6.07) is 15.1. The van der Waals surface area contributed by atoms with Crippen molar-refractivity contribution >= 4 is 28.2 Å². The van der Waals surface area contributed by atoms with Crippen molar-refractivity contribution in [1.29, 1.82) is 0 Å². The van der Waals surface area contributed by atoms with E-state index in [0.717, 1.165) is 11.3 Å². The smallest absolute Gasteiger partial charge is 0.340 e. The van der Waals surface area contributed by atoms with Crippen molar-refractivity contribution in [2.45, 2.75) is 33.2 Å². The molecule has 0 radical (unpaired) electrons. The molecule has 5 nitrogen and oxygen atoms in total. The van der Waals surface area contributed by atoms with E-state index in [4.69, 9.17) is 0 Å². The number of aromatic carboxylic acids is 1. The standard InChI is InChI=1S/C23H23NO4/c1-13(2)16-6-8-18(9-7-16)24-12-15-4-5-17-11-20(26)22(23(27)28)21(14(3)25)19(17)10-15/h4-11,13,24,26H,12H2,1-3H3,(H,27,28). The van der Waals surface area contributed by atoms with Crippen LogP contribution in [0, 0.1) is 0 Å². The quantitative estimate of drug-likeness (QED) is 0.515. The Bertz CT molecular complexity index is 1050. The van der Waals surface area contributed by atoms with Crippen LogP contribution in [-0.4, -0.2) is 22.0 Å². The Morgan fingerprint density at radius 3 is 2.25 bits per heavy atom. The first-order valence-corrected chi connectivity index (χ1v) is 9.14. The maximum absolute atomic E-state index is 12.1. The summed E-state index contributed by atoms with van der Waals surface area (Å²) < 4.78 is 0. The molecule has 3 N–H and O–H groups in total. The number of carbonyl (C=O) groups excluding carboxylic acids is 1. The highest BCUT2D eigenvalue weighted by molar-refractivity contribution is 6.15. The summed E-state index contributed by atoms with van der Waals surface area (Å²) in [4.78, 5) is 23.7. The van der Waals surface area contributed by atoms with Crippen molar-refractivity contribution in [3.63, 3.8) is 0 Å². The van der Waals surface area contributed by atoms with Gasteiger partial charge in [-0.25, -0.2) is 4.79 Å². The molecule has 0 aliphatic rings. The molecule has 3 aromatic carbocycles. The molecule has 0 heterocycles. The minimum absolute atomic E-state index is 0.0330. The molecule has 5 heteroatoms. The SMILES string of the molecule is CC(=O)c1c(C(=O)O)c(O)cc2ccc(CNc3ccc(C(C)C)cc3)cc12. The van der Waals surface area contributed by atoms with E-state index < -0.39 is 17.5 Å². The number of aromatic hydroxyl groups is 1. The molecule has 0 saturated carbocycles. The van der Waals surface area contributed by atoms with Gasteiger partial charge in [-0.05, 0) is 59.0 Å². The minimum atomic E-state index is -1.32. The average Bonchev–Trinajstić information content (AvgIpc) is 2.65. The number of Topliss-reactive ketones (excluding diaryl/α,β-unsaturated/α-hetero) is 1. The van der Waals surface area contributed by atoms with Crippen molar-refractivity contribution < 1.29 is 19.8 Å². The van der Waals surface area contributed by atoms with Crippen molar-refractivity contribution in [3.05, 3.63) is 70.8 Å². The molecule has 0 saturated heterocycles. The Labute approximate surface area is 163 Å². The van der Waals surface area contributed by atoms with E-state index >= 15 is 0 Å². The fourth-order valence-corrected chi connectivity index (χ4v) is 3.31. The summed E-state index contributed by atoms with van der Waals surface area (Å²) in [7, 11) is 0. The lowest BCUT2D eigenvalue weighted by Gasteiger charge is -2.13. The summed E-state index contributed by atoms with van der Waals surface area (Å²) in [6.07, 6.45) is 0. The zero-order valence-electron chi connectivity index (χ0n) is 16.1. The number of fused-ring (bicyclic) bond motifs is 1. The number of hydrogen-bond acceptors (Lipinski definition) is 4. The van der Waals surface area contributed by atoms with Gasteiger partial charge in [-0.15, -0.1) is 0 Å². The van der Waals surface area contributed by atoms with Gasteiger partial charge in [0.05, 0.1) is 0 Å². The second kappa shape index (κ2) is 7.72. The molecule has 0 aliphatic carbocycles. The average molecular weight is 377 g/mol. The fourth-order valence-electron chi connectivity index (χ4n) is 3.31. The lowest BCUT2D eigenvalue weighted by atomic mass is 9.94. The summed E-state index contributed by atoms with van der Waals surface area (Å²) in [5.74, 6) is -1.65. The van der Waals surface area contributed by atoms with Gasteiger partial charge in [-0.2, -0.15) is 0 Å². The molecule has 3 rings (SSSR count). The lowest BCUT2D eigenvalue weighted by molar-refractivity contribution is 0.0689. The third-order valence-electron chi connectivity index (χ3n) is 4.83. The van der Waals surface area contributed by atoms with Crippen molar-refractivity contribution in [1.82, 2.24) is 0 Å². The van der Waals surface area contributed by atoms with Crippen LogP contribution in [0.1, 0.15) is 58.5 Å². The molecule has 144 valence electrons. The Balaban J connectivity index is 1.95. The maximum Gasteiger partial charge on any atom is 0.340 e. The van der Waals surface area contributed by atoms with Gasteiger partial charge in [-0.1, -0.05) is 38.1 Å². The van der Waals surface area contributed by atoms with Crippen LogP contribution in [0.5, 0.6) is 5.75 Å². The van der Waals surface area contributed by atoms with Gasteiger partial charge in [0.25, 0.3) is 0 Å². The maximum atomic E-state index is 12.1. The summed E-state index contributed by atoms with van der Waals surface area (Å²) >= 11 is 0. The van der Waals surface area contributed by atoms with E-state index in [1.54, 1.807) is 12.1 Å². The number of ketones is 1. The number of anilines is 1. The largest absolute Gasteiger partial charge is 0.507 e. The summed E-state index contributed by atoms with van der Waals surface area (Å²) in [5, 5.41) is 23.9. The van der Waals surface area contributed by atoms with Gasteiger partial charge in [0.15, 0.2) is 5.78 Å². The lowest BCUT2D eigenvalue weighted by Crippen LogP contribution is -2.08. The highest BCUT2D eigenvalue weighted by Gasteiger charge is 2.22. The van der Waals surface area contributed by atoms with Crippen molar-refractivity contribution in [2.24, 2.45) is 0 Å². The number of nitrogens with one attached hydrogen (secondary N) is 1. The van der Waals surface area contributed by atoms with E-state index in [1.807, 2.05) is 18.2 Å². The second-order valence-corrected chi connectivity index (χ2v) is 7.19. The zero-order valence-corrected chi connectivity index (χ0v) is 16.1. The zero-order chi connectivity index (χ0) is 20.4. The first-order valence-electron chi connectivity index (χ1n) is 9.14. The first-order chi connectivity index (χ1) is 13.3. The van der Waals surface area contributed by atoms with E-state index in [9.17, 15) is 19.8 Å². The van der Waals surface area contributed by atoms with Crippen LogP contribution in [0.25, 0.3) is 10.8 Å². The number of carbonyl (C=O) groups is 2. The molecular weight excluding hydrogens is 354 g/mol. The minimum Gasteiger partial charge on any atom is -0.507 e. The van der Waals surface area contributed by atoms with Gasteiger partial charge >= 0.3 is 5.97 Å². The van der Waals surface area contributed by atoms with Crippen LogP contribution in [-0.2, 0) is 6.54 Å². The Morgan fingerprint density at radius 1 is 1.00 bits per heavy atom. The van der Waals surface area contributed by atoms with E-state index in [1.165, 1.54) is 18.6 Å². The highest BCUT2D eigenvalue weighted by atomic mass is 16.4. The van der Waals surface area contributed by atoms with Crippen LogP contribution in [0.15, 0.2) is 48.5 Å². The monoisotopic (exact) mass is 377 g/mol. The number of phenols is 1. The Hall–Kier alpha value is -3.34. The normalized spacial score (nSPS) is 11.0. The molecule has 3 aromatic rings. The molecule has 0 unspecified atom stereocenters. The van der Waals surface area contributed by atoms with E-state index in [-0.39, 0.29) is 11.1 Å². The second-order valence-electron chi connectivity index (χ2n) is 7.19. The fraction of sp³-hybridized carbons (Fsp3) is 0.217. The number of rotatable bonds is 6. The predicted molar refractivity (Wildman–Crippen MR) is 110 cm³/mol. The predicted octanol–water partition coefficient (Wildman–Crippen LogP) is 5.18. The Kier molecular flexibility index (Phi) is 5.36. The topological polar surface area (TPSA) is 86.6 Å². The number of carboxylic acids is 1. The number of hydrogen-bond donors (Lipinski definition) is 3. The van der Waals surface area contributed by atoms with Crippen LogP contribution >= 0.6 is 0 Å². The molecule has 0 aliphatic heterocycles. The molecule has 0 spiro atoms. The molecule has 0 amide bonds. The van der Waals surface area contributed by atoms with Gasteiger partial charge < -0.3 is 15.5 Å². The van der Waals surface area contributed by atoms with Gasteiger partial charge in [0.1, 0.15) is 11.3 Å². The third kappa shape index (κ3) is 3.83. The van der Waals surface area contributed by atoms with Gasteiger partial charge in [0.2, 0.25) is 0 Å². The van der Waals surface area contributed by atoms with Crippen molar-refractivity contribution in [2.75, 3.05) is 5.32 Å². The Morgan fingerprint density at radius 2 is 1.68 bits per heavy atom. The molecule has 0 aromatic heterocycles. The summed E-state index contributed by atoms with van der Waals surface area (Å²) in [5.41, 5.74) is 2.83. The number of benzene rings is 3. The van der Waals surface area contributed by atoms with Crippen LogP contribution in [0.4, 0.5) is 5.69 Å². The highest BCUT2D eigenvalue weighted by Crippen LogP contribution is 2.32.